The Morgan fingerprint density at radius 1 is 0.795 bits per heavy atom. The first-order valence-electron chi connectivity index (χ1n) is 14.5. The van der Waals surface area contributed by atoms with E-state index < -0.39 is 70.7 Å². The average Bonchev–Trinajstić information content (AvgIpc) is 3.45. The van der Waals surface area contributed by atoms with Crippen LogP contribution in [0.4, 0.5) is 26.3 Å². The standard InChI is InChI=1S/C32H34F6N2O4/c1-29(2,3)17-13-15-22(16-14-17)40-26(41)23-24(27(40)42)30(39-25(23)28(43)44-4,18-5-9-20(10-6-18)31(33,34)35)19-7-11-21(12-8-19)32(36,37)38/h5-12,17,22-25,39H,13-16H2,1-4H3/t17?,22?,23-,24-,25-/m1/s1. The van der Waals surface area contributed by atoms with Gasteiger partial charge in [-0.05, 0) is 72.4 Å². The molecule has 44 heavy (non-hydrogen) atoms. The maximum atomic E-state index is 14.4. The van der Waals surface area contributed by atoms with Crippen LogP contribution in [-0.4, -0.2) is 41.9 Å². The zero-order valence-electron chi connectivity index (χ0n) is 24.7. The largest absolute Gasteiger partial charge is 0.468 e. The van der Waals surface area contributed by atoms with Gasteiger partial charge < -0.3 is 4.74 Å². The Morgan fingerprint density at radius 3 is 1.64 bits per heavy atom. The number of nitrogens with zero attached hydrogens (tertiary/aromatic N) is 1. The molecule has 238 valence electrons. The second-order valence-electron chi connectivity index (χ2n) is 13.0. The van der Waals surface area contributed by atoms with Crippen LogP contribution in [0.5, 0.6) is 0 Å². The van der Waals surface area contributed by atoms with Gasteiger partial charge >= 0.3 is 18.3 Å². The lowest BCUT2D eigenvalue weighted by Gasteiger charge is -2.41. The molecule has 2 aromatic carbocycles. The molecule has 2 saturated heterocycles. The Morgan fingerprint density at radius 2 is 1.25 bits per heavy atom. The van der Waals surface area contributed by atoms with Gasteiger partial charge in [0.2, 0.25) is 11.8 Å². The van der Waals surface area contributed by atoms with Gasteiger partial charge in [0.1, 0.15) is 6.04 Å². The van der Waals surface area contributed by atoms with Crippen molar-refractivity contribution in [2.75, 3.05) is 7.11 Å². The van der Waals surface area contributed by atoms with Crippen LogP contribution >= 0.6 is 0 Å². The summed E-state index contributed by atoms with van der Waals surface area (Å²) in [5, 5.41) is 3.01. The first-order chi connectivity index (χ1) is 20.4. The summed E-state index contributed by atoms with van der Waals surface area (Å²) < 4.78 is 85.9. The monoisotopic (exact) mass is 624 g/mol. The quantitative estimate of drug-likeness (QED) is 0.245. The summed E-state index contributed by atoms with van der Waals surface area (Å²) in [5.74, 6) is -4.37. The summed E-state index contributed by atoms with van der Waals surface area (Å²) in [5.41, 5.74) is -3.57. The fraction of sp³-hybridized carbons (Fsp3) is 0.531. The van der Waals surface area contributed by atoms with Crippen molar-refractivity contribution in [3.63, 3.8) is 0 Å². The second kappa shape index (κ2) is 10.9. The van der Waals surface area contributed by atoms with Gasteiger partial charge in [0.15, 0.2) is 0 Å². The Bertz CT molecular complexity index is 1360. The molecule has 2 aromatic rings. The number of imide groups is 1. The van der Waals surface area contributed by atoms with E-state index >= 15 is 0 Å². The molecule has 1 N–H and O–H groups in total. The number of esters is 1. The first kappa shape index (κ1) is 32.0. The number of ether oxygens (including phenoxy) is 1. The molecule has 1 saturated carbocycles. The number of carbonyl (C=O) groups excluding carboxylic acids is 3. The highest BCUT2D eigenvalue weighted by Crippen LogP contribution is 2.53. The van der Waals surface area contributed by atoms with Gasteiger partial charge in [-0.2, -0.15) is 26.3 Å². The number of methoxy groups -OCH3 is 1. The highest BCUT2D eigenvalue weighted by atomic mass is 19.4. The zero-order chi connectivity index (χ0) is 32.4. The molecule has 0 radical (unpaired) electrons. The maximum absolute atomic E-state index is 14.4. The van der Waals surface area contributed by atoms with Gasteiger partial charge in [0, 0.05) is 6.04 Å². The molecular weight excluding hydrogens is 590 g/mol. The van der Waals surface area contributed by atoms with Crippen molar-refractivity contribution in [3.05, 3.63) is 70.8 Å². The molecule has 0 aromatic heterocycles. The Labute approximate surface area is 251 Å². The van der Waals surface area contributed by atoms with Crippen LogP contribution in [0.2, 0.25) is 0 Å². The third kappa shape index (κ3) is 5.28. The number of rotatable bonds is 4. The highest BCUT2D eigenvalue weighted by Gasteiger charge is 2.69. The molecule has 3 fully saturated rings. The number of hydrogen-bond acceptors (Lipinski definition) is 5. The van der Waals surface area contributed by atoms with E-state index in [1.54, 1.807) is 0 Å². The van der Waals surface area contributed by atoms with E-state index in [0.717, 1.165) is 68.5 Å². The Balaban J connectivity index is 1.65. The maximum Gasteiger partial charge on any atom is 0.416 e. The Kier molecular flexibility index (Phi) is 7.92. The number of nitrogens with one attached hydrogen (secondary N) is 1. The van der Waals surface area contributed by atoms with Crippen molar-refractivity contribution >= 4 is 17.8 Å². The van der Waals surface area contributed by atoms with Crippen molar-refractivity contribution in [2.45, 2.75) is 76.4 Å². The van der Waals surface area contributed by atoms with Crippen LogP contribution in [0.25, 0.3) is 0 Å². The molecule has 3 atom stereocenters. The van der Waals surface area contributed by atoms with Crippen molar-refractivity contribution in [1.82, 2.24) is 10.2 Å². The molecule has 0 unspecified atom stereocenters. The SMILES string of the molecule is COC(=O)[C@@H]1NC(c2ccc(C(F)(F)F)cc2)(c2ccc(C(F)(F)F)cc2)[C@H]2C(=O)N(C3CCC(C(C)(C)C)CC3)C(=O)[C@@H]12. The molecule has 12 heteroatoms. The van der Waals surface area contributed by atoms with Crippen molar-refractivity contribution in [1.29, 1.82) is 0 Å². The van der Waals surface area contributed by atoms with E-state index in [0.29, 0.717) is 18.8 Å². The minimum Gasteiger partial charge on any atom is -0.468 e. The van der Waals surface area contributed by atoms with E-state index in [4.69, 9.17) is 4.74 Å². The second-order valence-corrected chi connectivity index (χ2v) is 13.0. The van der Waals surface area contributed by atoms with Crippen LogP contribution in [0.1, 0.15) is 68.7 Å². The minimum atomic E-state index is -4.68. The summed E-state index contributed by atoms with van der Waals surface area (Å²) in [7, 11) is 1.10. The van der Waals surface area contributed by atoms with E-state index in [-0.39, 0.29) is 16.5 Å². The predicted molar refractivity (Wildman–Crippen MR) is 147 cm³/mol. The topological polar surface area (TPSA) is 75.7 Å². The summed E-state index contributed by atoms with van der Waals surface area (Å²) in [6, 6.07) is 5.87. The van der Waals surface area contributed by atoms with Crippen molar-refractivity contribution in [3.8, 4) is 0 Å². The van der Waals surface area contributed by atoms with Crippen molar-refractivity contribution in [2.24, 2.45) is 23.2 Å². The third-order valence-corrected chi connectivity index (χ3v) is 9.67. The van der Waals surface area contributed by atoms with E-state index in [1.807, 2.05) is 0 Å². The number of hydrogen-bond donors (Lipinski definition) is 1. The van der Waals surface area contributed by atoms with Gasteiger partial charge in [-0.15, -0.1) is 0 Å². The molecule has 2 aliphatic heterocycles. The van der Waals surface area contributed by atoms with Gasteiger partial charge in [-0.25, -0.2) is 0 Å². The zero-order valence-corrected chi connectivity index (χ0v) is 24.7. The fourth-order valence-corrected chi connectivity index (χ4v) is 7.36. The number of benzene rings is 2. The van der Waals surface area contributed by atoms with Crippen LogP contribution in [0, 0.1) is 23.2 Å². The number of alkyl halides is 6. The molecule has 2 heterocycles. The van der Waals surface area contributed by atoms with Gasteiger partial charge in [-0.1, -0.05) is 45.0 Å². The third-order valence-electron chi connectivity index (χ3n) is 9.67. The van der Waals surface area contributed by atoms with Gasteiger partial charge in [0.05, 0.1) is 35.6 Å². The average molecular weight is 625 g/mol. The lowest BCUT2D eigenvalue weighted by molar-refractivity contribution is -0.150. The fourth-order valence-electron chi connectivity index (χ4n) is 7.36. The molecule has 1 aliphatic carbocycles. The first-order valence-corrected chi connectivity index (χ1v) is 14.5. The molecule has 6 nitrogen and oxygen atoms in total. The minimum absolute atomic E-state index is 0.0285. The van der Waals surface area contributed by atoms with Crippen LogP contribution in [0.15, 0.2) is 48.5 Å². The van der Waals surface area contributed by atoms with E-state index in [2.05, 4.69) is 26.1 Å². The molecule has 3 aliphatic rings. The molecule has 5 rings (SSSR count). The smallest absolute Gasteiger partial charge is 0.416 e. The Hall–Kier alpha value is -3.41. The number of carbonyl (C=O) groups is 3. The molecule has 0 bridgehead atoms. The molecule has 0 spiro atoms. The van der Waals surface area contributed by atoms with Crippen LogP contribution < -0.4 is 5.32 Å². The predicted octanol–water partition coefficient (Wildman–Crippen LogP) is 6.32. The summed E-state index contributed by atoms with van der Waals surface area (Å²) in [6.07, 6.45) is -6.74. The van der Waals surface area contributed by atoms with Gasteiger partial charge in [0.25, 0.3) is 0 Å². The number of amides is 2. The molecular formula is C32H34F6N2O4. The highest BCUT2D eigenvalue weighted by molar-refractivity contribution is 6.09. The van der Waals surface area contributed by atoms with E-state index in [1.165, 1.54) is 4.90 Å². The normalized spacial score (nSPS) is 27.4. The lowest BCUT2D eigenvalue weighted by atomic mass is 9.71. The van der Waals surface area contributed by atoms with Gasteiger partial charge in [-0.3, -0.25) is 24.6 Å². The lowest BCUT2D eigenvalue weighted by Crippen LogP contribution is -2.53. The summed E-state index contributed by atoms with van der Waals surface area (Å²) >= 11 is 0. The number of fused-ring (bicyclic) bond motifs is 1. The molecule has 2 amide bonds. The number of halogens is 6. The van der Waals surface area contributed by atoms with E-state index in [9.17, 15) is 40.7 Å². The summed E-state index contributed by atoms with van der Waals surface area (Å²) in [6.45, 7) is 6.39. The number of likely N-dealkylation sites (tertiary alicyclic amines) is 1. The van der Waals surface area contributed by atoms with Crippen LogP contribution in [0.3, 0.4) is 0 Å². The van der Waals surface area contributed by atoms with Crippen LogP contribution in [-0.2, 0) is 37.0 Å². The van der Waals surface area contributed by atoms with Crippen molar-refractivity contribution < 1.29 is 45.5 Å². The summed E-state index contributed by atoms with van der Waals surface area (Å²) in [4.78, 5) is 42.8.